The van der Waals surface area contributed by atoms with Gasteiger partial charge < -0.3 is 24.1 Å². The fourth-order valence-corrected chi connectivity index (χ4v) is 3.93. The van der Waals surface area contributed by atoms with Crippen molar-refractivity contribution in [3.63, 3.8) is 0 Å². The van der Waals surface area contributed by atoms with Gasteiger partial charge in [-0.15, -0.1) is 0 Å². The van der Waals surface area contributed by atoms with Crippen molar-refractivity contribution in [1.82, 2.24) is 9.80 Å². The van der Waals surface area contributed by atoms with Crippen molar-refractivity contribution in [2.24, 2.45) is 0 Å². The van der Waals surface area contributed by atoms with Crippen molar-refractivity contribution in [3.05, 3.63) is 41.9 Å². The molecule has 9 heteroatoms. The minimum absolute atomic E-state index is 0.0927. The number of fused-ring (bicyclic) bond motifs is 1. The highest BCUT2D eigenvalue weighted by atomic mass is 16.7. The maximum absolute atomic E-state index is 12.6. The van der Waals surface area contributed by atoms with Gasteiger partial charge in [-0.1, -0.05) is 0 Å². The molecule has 2 aliphatic rings. The summed E-state index contributed by atoms with van der Waals surface area (Å²) in [5.41, 5.74) is 0.801. The van der Waals surface area contributed by atoms with Crippen molar-refractivity contribution in [2.45, 2.75) is 25.8 Å². The number of anilines is 1. The van der Waals surface area contributed by atoms with E-state index in [9.17, 15) is 14.4 Å². The van der Waals surface area contributed by atoms with Gasteiger partial charge in [0.15, 0.2) is 23.0 Å². The fraction of sp³-hybridized carbons (Fsp3) is 0.409. The monoisotopic (exact) mass is 427 g/mol. The van der Waals surface area contributed by atoms with Crippen LogP contribution in [0.4, 0.5) is 5.69 Å². The number of hydrogen-bond acceptors (Lipinski definition) is 7. The van der Waals surface area contributed by atoms with Crippen molar-refractivity contribution in [1.29, 1.82) is 0 Å². The number of rotatable bonds is 6. The molecule has 0 atom stereocenters. The average Bonchev–Trinajstić information content (AvgIpc) is 3.44. The number of piperidine rings is 1. The number of carbonyl (C=O) groups is 3. The van der Waals surface area contributed by atoms with Crippen LogP contribution in [0.25, 0.3) is 0 Å². The number of likely N-dealkylation sites (tertiary alicyclic amines) is 1. The van der Waals surface area contributed by atoms with Gasteiger partial charge in [0.25, 0.3) is 5.91 Å². The zero-order valence-electron chi connectivity index (χ0n) is 17.6. The van der Waals surface area contributed by atoms with E-state index in [0.717, 1.165) is 12.8 Å². The largest absolute Gasteiger partial charge is 0.459 e. The van der Waals surface area contributed by atoms with Gasteiger partial charge >= 0.3 is 0 Å². The average molecular weight is 427 g/mol. The summed E-state index contributed by atoms with van der Waals surface area (Å²) in [6.45, 7) is 3.12. The van der Waals surface area contributed by atoms with E-state index in [-0.39, 0.29) is 37.0 Å². The highest BCUT2D eigenvalue weighted by molar-refractivity contribution is 6.05. The first-order valence-corrected chi connectivity index (χ1v) is 10.2. The molecule has 3 heterocycles. The van der Waals surface area contributed by atoms with E-state index in [1.54, 1.807) is 36.2 Å². The number of carbonyl (C=O) groups excluding carboxylic acids is 3. The summed E-state index contributed by atoms with van der Waals surface area (Å²) in [6, 6.07) is 6.66. The van der Waals surface area contributed by atoms with Crippen LogP contribution in [-0.2, 0) is 4.79 Å². The summed E-state index contributed by atoms with van der Waals surface area (Å²) in [5, 5.41) is 2.83. The van der Waals surface area contributed by atoms with Gasteiger partial charge in [0, 0.05) is 37.8 Å². The predicted molar refractivity (Wildman–Crippen MR) is 111 cm³/mol. The first-order valence-electron chi connectivity index (χ1n) is 10.2. The second-order valence-corrected chi connectivity index (χ2v) is 7.76. The molecule has 2 aromatic rings. The van der Waals surface area contributed by atoms with Crippen molar-refractivity contribution >= 4 is 23.3 Å². The van der Waals surface area contributed by atoms with Crippen LogP contribution in [0, 0.1) is 0 Å². The highest BCUT2D eigenvalue weighted by Gasteiger charge is 2.28. The first kappa shape index (κ1) is 20.9. The highest BCUT2D eigenvalue weighted by Crippen LogP contribution is 2.37. The number of furan rings is 1. The Balaban J connectivity index is 1.32. The molecule has 31 heavy (non-hydrogen) atoms. The lowest BCUT2D eigenvalue weighted by Crippen LogP contribution is -2.47. The summed E-state index contributed by atoms with van der Waals surface area (Å²) >= 11 is 0. The Morgan fingerprint density at radius 3 is 2.52 bits per heavy atom. The third kappa shape index (κ3) is 4.56. The van der Waals surface area contributed by atoms with Crippen LogP contribution in [0.5, 0.6) is 11.5 Å². The number of ether oxygens (including phenoxy) is 2. The van der Waals surface area contributed by atoms with Crippen LogP contribution in [0.15, 0.2) is 34.9 Å². The molecule has 0 radical (unpaired) electrons. The third-order valence-electron chi connectivity index (χ3n) is 5.69. The molecule has 4 rings (SSSR count). The molecular weight excluding hydrogens is 402 g/mol. The molecule has 0 saturated carbocycles. The minimum Gasteiger partial charge on any atom is -0.459 e. The predicted octanol–water partition coefficient (Wildman–Crippen LogP) is 2.39. The minimum atomic E-state index is -0.208. The number of ketones is 1. The van der Waals surface area contributed by atoms with Crippen molar-refractivity contribution in [3.8, 4) is 11.5 Å². The normalized spacial score (nSPS) is 16.2. The SMILES string of the molecule is CC(=O)c1cc2c(cc1NC(=O)CN1CCC(N(C)C(=O)c3ccco3)CC1)OCO2. The molecule has 0 bridgehead atoms. The van der Waals surface area contributed by atoms with Gasteiger partial charge in [0.1, 0.15) is 0 Å². The van der Waals surface area contributed by atoms with Gasteiger partial charge in [-0.25, -0.2) is 0 Å². The van der Waals surface area contributed by atoms with E-state index in [2.05, 4.69) is 5.32 Å². The Morgan fingerprint density at radius 2 is 1.87 bits per heavy atom. The van der Waals surface area contributed by atoms with E-state index in [1.165, 1.54) is 13.2 Å². The van der Waals surface area contributed by atoms with Gasteiger partial charge in [-0.2, -0.15) is 0 Å². The van der Waals surface area contributed by atoms with Crippen LogP contribution < -0.4 is 14.8 Å². The molecule has 1 saturated heterocycles. The molecule has 0 aliphatic carbocycles. The lowest BCUT2D eigenvalue weighted by atomic mass is 10.0. The molecule has 1 aromatic heterocycles. The fourth-order valence-electron chi connectivity index (χ4n) is 3.93. The molecule has 1 aromatic carbocycles. The topological polar surface area (TPSA) is 101 Å². The van der Waals surface area contributed by atoms with Gasteiger partial charge in [-0.05, 0) is 38.0 Å². The number of nitrogens with one attached hydrogen (secondary N) is 1. The van der Waals surface area contributed by atoms with Crippen LogP contribution in [0.2, 0.25) is 0 Å². The summed E-state index contributed by atoms with van der Waals surface area (Å²) < 4.78 is 15.9. The molecule has 2 amide bonds. The summed E-state index contributed by atoms with van der Waals surface area (Å²) in [7, 11) is 1.78. The maximum atomic E-state index is 12.6. The molecule has 2 aliphatic heterocycles. The molecule has 0 unspecified atom stereocenters. The Labute approximate surface area is 179 Å². The molecule has 1 N–H and O–H groups in total. The first-order chi connectivity index (χ1) is 14.9. The molecule has 164 valence electrons. The zero-order chi connectivity index (χ0) is 22.0. The maximum Gasteiger partial charge on any atom is 0.289 e. The number of Topliss-reactive ketones (excluding diaryl/α,β-unsaturated/α-hetero) is 1. The Kier molecular flexibility index (Phi) is 5.94. The van der Waals surface area contributed by atoms with E-state index in [0.29, 0.717) is 41.6 Å². The van der Waals surface area contributed by atoms with Gasteiger partial charge in [0.05, 0.1) is 18.5 Å². The van der Waals surface area contributed by atoms with E-state index >= 15 is 0 Å². The molecule has 9 nitrogen and oxygen atoms in total. The molecule has 0 spiro atoms. The van der Waals surface area contributed by atoms with Crippen molar-refractivity contribution in [2.75, 3.05) is 38.8 Å². The smallest absolute Gasteiger partial charge is 0.289 e. The summed E-state index contributed by atoms with van der Waals surface area (Å²) in [5.74, 6) is 0.817. The molecular formula is C22H25N3O6. The van der Waals surface area contributed by atoms with Crippen LogP contribution in [0.3, 0.4) is 0 Å². The van der Waals surface area contributed by atoms with Gasteiger partial charge in [-0.3, -0.25) is 19.3 Å². The number of amides is 2. The lowest BCUT2D eigenvalue weighted by molar-refractivity contribution is -0.117. The number of hydrogen-bond donors (Lipinski definition) is 1. The van der Waals surface area contributed by atoms with Crippen LogP contribution in [0.1, 0.15) is 40.7 Å². The number of benzene rings is 1. The van der Waals surface area contributed by atoms with Crippen molar-refractivity contribution < 1.29 is 28.3 Å². The Hall–Kier alpha value is -3.33. The van der Waals surface area contributed by atoms with E-state index in [1.807, 2.05) is 4.90 Å². The quantitative estimate of drug-likeness (QED) is 0.707. The van der Waals surface area contributed by atoms with Gasteiger partial charge in [0.2, 0.25) is 12.7 Å². The number of nitrogens with zero attached hydrogens (tertiary/aromatic N) is 2. The lowest BCUT2D eigenvalue weighted by Gasteiger charge is -2.36. The standard InChI is InChI=1S/C22H25N3O6/c1-14(26)16-10-19-20(31-13-30-19)11-17(16)23-21(27)12-25-7-5-15(6-8-25)24(2)22(28)18-4-3-9-29-18/h3-4,9-11,15H,5-8,12-13H2,1-2H3,(H,23,27). The summed E-state index contributed by atoms with van der Waals surface area (Å²) in [4.78, 5) is 40.8. The second kappa shape index (κ2) is 8.81. The van der Waals surface area contributed by atoms with E-state index in [4.69, 9.17) is 13.9 Å². The third-order valence-corrected chi connectivity index (χ3v) is 5.69. The molecule has 1 fully saturated rings. The Morgan fingerprint density at radius 1 is 1.16 bits per heavy atom. The second-order valence-electron chi connectivity index (χ2n) is 7.76. The van der Waals surface area contributed by atoms with E-state index < -0.39 is 0 Å². The Bertz CT molecular complexity index is 979. The van der Waals surface area contributed by atoms with Crippen LogP contribution in [-0.4, -0.2) is 66.9 Å². The summed E-state index contributed by atoms with van der Waals surface area (Å²) in [6.07, 6.45) is 3.01. The zero-order valence-corrected chi connectivity index (χ0v) is 17.6. The van der Waals surface area contributed by atoms with Crippen LogP contribution >= 0.6 is 0 Å².